The summed E-state index contributed by atoms with van der Waals surface area (Å²) in [5, 5.41) is 1.84. The number of aliphatic imine (C=N–C) groups is 1. The number of aryl methyl sites for hydroxylation is 1. The molecule has 0 amide bonds. The van der Waals surface area contributed by atoms with Crippen LogP contribution in [0.15, 0.2) is 155 Å². The van der Waals surface area contributed by atoms with E-state index in [0.717, 1.165) is 71.1 Å². The van der Waals surface area contributed by atoms with Gasteiger partial charge in [0.2, 0.25) is 0 Å². The van der Waals surface area contributed by atoms with Crippen LogP contribution in [-0.4, -0.2) is 5.04 Å². The molecule has 0 saturated heterocycles. The quantitative estimate of drug-likeness (QED) is 0.109. The van der Waals surface area contributed by atoms with Gasteiger partial charge in [0.15, 0.2) is 0 Å². The third-order valence-electron chi connectivity index (χ3n) is 8.45. The molecule has 0 spiro atoms. The molecule has 0 N–H and O–H groups in total. The first kappa shape index (κ1) is 33.4. The zero-order chi connectivity index (χ0) is 33.3. The van der Waals surface area contributed by atoms with Gasteiger partial charge in [-0.25, -0.2) is 4.99 Å². The van der Waals surface area contributed by atoms with Crippen LogP contribution in [0.4, 0.5) is 39.8 Å². The third-order valence-corrected chi connectivity index (χ3v) is 10.1. The van der Waals surface area contributed by atoms with Gasteiger partial charge in [-0.3, -0.25) is 0 Å². The smallest absolute Gasteiger partial charge is 0.0887 e. The number of anilines is 6. The Balaban J connectivity index is 1.42. The van der Waals surface area contributed by atoms with Crippen LogP contribution in [0, 0.1) is 6.92 Å². The Morgan fingerprint density at radius 2 is 1.27 bits per heavy atom. The highest BCUT2D eigenvalue weighted by atomic mass is 35.5. The van der Waals surface area contributed by atoms with Gasteiger partial charge in [-0.2, -0.15) is 0 Å². The lowest BCUT2D eigenvalue weighted by atomic mass is 10.1. The van der Waals surface area contributed by atoms with Gasteiger partial charge in [0, 0.05) is 22.7 Å². The predicted molar refractivity (Wildman–Crippen MR) is 211 cm³/mol. The maximum Gasteiger partial charge on any atom is 0.0887 e. The maximum absolute atomic E-state index is 7.47. The Morgan fingerprint density at radius 3 is 1.81 bits per heavy atom. The predicted octanol–water partition coefficient (Wildman–Crippen LogP) is 14.2. The molecule has 0 atom stereocenters. The Kier molecular flexibility index (Phi) is 11.2. The molecule has 6 rings (SSSR count). The summed E-state index contributed by atoms with van der Waals surface area (Å²) in [5.74, 6) is 0. The first-order valence-corrected chi connectivity index (χ1v) is 18.0. The van der Waals surface area contributed by atoms with Crippen molar-refractivity contribution >= 4 is 68.2 Å². The Bertz CT molecular complexity index is 1880. The zero-order valence-corrected chi connectivity index (χ0v) is 29.5. The van der Waals surface area contributed by atoms with Crippen LogP contribution < -0.4 is 9.80 Å². The molecule has 1 aliphatic rings. The summed E-state index contributed by atoms with van der Waals surface area (Å²) < 4.78 is 0. The molecule has 0 saturated carbocycles. The number of benzene rings is 5. The molecule has 0 fully saturated rings. The second-order valence-electron chi connectivity index (χ2n) is 12.0. The molecule has 0 aliphatic heterocycles. The largest absolute Gasteiger partial charge is 0.309 e. The minimum absolute atomic E-state index is 0.663. The number of hydrogen-bond acceptors (Lipinski definition) is 4. The Morgan fingerprint density at radius 1 is 0.708 bits per heavy atom. The average Bonchev–Trinajstić information content (AvgIpc) is 3.32. The van der Waals surface area contributed by atoms with Crippen molar-refractivity contribution in [3.63, 3.8) is 0 Å². The van der Waals surface area contributed by atoms with Crippen molar-refractivity contribution < 1.29 is 0 Å². The zero-order valence-electron chi connectivity index (χ0n) is 27.9. The molecule has 0 aromatic heterocycles. The molecule has 0 heterocycles. The Hall–Kier alpha value is -4.51. The summed E-state index contributed by atoms with van der Waals surface area (Å²) in [7, 11) is 0. The van der Waals surface area contributed by atoms with Gasteiger partial charge in [-0.1, -0.05) is 110 Å². The number of allylic oxidation sites excluding steroid dienone is 4. The topological polar surface area (TPSA) is 18.8 Å². The van der Waals surface area contributed by atoms with Gasteiger partial charge in [-0.15, -0.1) is 0 Å². The van der Waals surface area contributed by atoms with E-state index in [0.29, 0.717) is 5.02 Å². The minimum Gasteiger partial charge on any atom is -0.309 e. The molecule has 5 heteroatoms. The van der Waals surface area contributed by atoms with Crippen LogP contribution in [0.5, 0.6) is 0 Å². The molecule has 0 bridgehead atoms. The number of hydrogen-bond donors (Lipinski definition) is 0. The molecular weight excluding hydrogens is 626 g/mol. The van der Waals surface area contributed by atoms with E-state index in [-0.39, 0.29) is 0 Å². The molecule has 48 heavy (non-hydrogen) atoms. The summed E-state index contributed by atoms with van der Waals surface area (Å²) in [6.45, 7) is 6.61. The summed E-state index contributed by atoms with van der Waals surface area (Å²) in [5.41, 5.74) is 9.44. The van der Waals surface area contributed by atoms with Crippen LogP contribution in [-0.2, 0) is 0 Å². The number of para-hydroxylation sites is 3. The monoisotopic (exact) mass is 667 g/mol. The summed E-state index contributed by atoms with van der Waals surface area (Å²) in [6.07, 6.45) is 10.0. The molecule has 1 aliphatic carbocycles. The van der Waals surface area contributed by atoms with E-state index in [1.807, 2.05) is 30.0 Å². The second-order valence-corrected chi connectivity index (χ2v) is 13.6. The van der Waals surface area contributed by atoms with Gasteiger partial charge in [-0.05, 0) is 122 Å². The van der Waals surface area contributed by atoms with Crippen LogP contribution in [0.1, 0.15) is 51.5 Å². The number of nitrogens with zero attached hydrogens (tertiary/aromatic N) is 3. The van der Waals surface area contributed by atoms with Crippen LogP contribution in [0.3, 0.4) is 0 Å². The van der Waals surface area contributed by atoms with Crippen molar-refractivity contribution in [1.29, 1.82) is 0 Å². The first-order valence-electron chi connectivity index (χ1n) is 16.8. The molecule has 242 valence electrons. The first-order chi connectivity index (χ1) is 23.5. The molecule has 3 nitrogen and oxygen atoms in total. The van der Waals surface area contributed by atoms with E-state index >= 15 is 0 Å². The van der Waals surface area contributed by atoms with Crippen molar-refractivity contribution in [2.24, 2.45) is 4.99 Å². The fraction of sp³-hybridized carbons (Fsp3) is 0.186. The molecule has 5 aromatic carbocycles. The van der Waals surface area contributed by atoms with Crippen molar-refractivity contribution in [1.82, 2.24) is 0 Å². The number of halogens is 1. The fourth-order valence-electron chi connectivity index (χ4n) is 6.03. The highest BCUT2D eigenvalue weighted by molar-refractivity contribution is 8.17. The third kappa shape index (κ3) is 7.78. The highest BCUT2D eigenvalue weighted by Crippen LogP contribution is 2.47. The van der Waals surface area contributed by atoms with Crippen LogP contribution in [0.25, 0.3) is 0 Å². The van der Waals surface area contributed by atoms with Gasteiger partial charge >= 0.3 is 0 Å². The second kappa shape index (κ2) is 16.1. The van der Waals surface area contributed by atoms with Gasteiger partial charge in [0.25, 0.3) is 0 Å². The van der Waals surface area contributed by atoms with E-state index in [1.165, 1.54) is 21.9 Å². The Labute approximate surface area is 295 Å². The van der Waals surface area contributed by atoms with Gasteiger partial charge in [0.1, 0.15) is 0 Å². The summed E-state index contributed by atoms with van der Waals surface area (Å²) in [6, 6.07) is 44.0. The van der Waals surface area contributed by atoms with Crippen molar-refractivity contribution in [2.75, 3.05) is 9.80 Å². The SMILES string of the molecule is CCC/C(=N\c1ccc(N(c2ccccc2)c2cccc(N(c3ccccc3)c3ccccc3)c2Cl)cc1C)SC1=C(C)C=CCCC1. The molecule has 5 aromatic rings. The van der Waals surface area contributed by atoms with E-state index in [1.54, 1.807) is 0 Å². The molecular formula is C43H42ClN3S. The van der Waals surface area contributed by atoms with Crippen molar-refractivity contribution in [2.45, 2.75) is 52.9 Å². The van der Waals surface area contributed by atoms with Crippen LogP contribution >= 0.6 is 23.4 Å². The number of thioether (sulfide) groups is 1. The highest BCUT2D eigenvalue weighted by Gasteiger charge is 2.22. The van der Waals surface area contributed by atoms with E-state index in [2.05, 4.69) is 152 Å². The average molecular weight is 668 g/mol. The maximum atomic E-state index is 7.47. The van der Waals surface area contributed by atoms with Gasteiger partial charge < -0.3 is 9.80 Å². The standard InChI is InChI=1S/C43H42ClN3S/c1-4-18-42(48-41-28-16-5-9-19-32(41)2)45-38-30-29-37(31-33(38)3)47(36-24-14-8-15-25-36)40-27-17-26-39(43(40)44)46(34-20-10-6-11-21-34)35-22-12-7-13-23-35/h6-15,17,19-27,29-31H,4-5,16,18,28H2,1-3H3/b45-42+. The van der Waals surface area contributed by atoms with Crippen LogP contribution in [0.2, 0.25) is 5.02 Å². The molecule has 0 radical (unpaired) electrons. The minimum atomic E-state index is 0.663. The van der Waals surface area contributed by atoms with E-state index < -0.39 is 0 Å². The van der Waals surface area contributed by atoms with Gasteiger partial charge in [0.05, 0.1) is 27.1 Å². The lowest BCUT2D eigenvalue weighted by Crippen LogP contribution is -2.14. The lowest BCUT2D eigenvalue weighted by molar-refractivity contribution is 0.867. The number of rotatable bonds is 10. The molecule has 0 unspecified atom stereocenters. The van der Waals surface area contributed by atoms with E-state index in [4.69, 9.17) is 16.6 Å². The normalized spacial score (nSPS) is 13.4. The lowest BCUT2D eigenvalue weighted by Gasteiger charge is -2.31. The summed E-state index contributed by atoms with van der Waals surface area (Å²) in [4.78, 5) is 11.1. The van der Waals surface area contributed by atoms with Crippen molar-refractivity contribution in [3.8, 4) is 0 Å². The fourth-order valence-corrected chi connectivity index (χ4v) is 7.53. The van der Waals surface area contributed by atoms with Crippen molar-refractivity contribution in [3.05, 3.63) is 161 Å². The summed E-state index contributed by atoms with van der Waals surface area (Å²) >= 11 is 9.34. The van der Waals surface area contributed by atoms with E-state index in [9.17, 15) is 0 Å².